The van der Waals surface area contributed by atoms with Crippen molar-refractivity contribution >= 4 is 17.6 Å². The van der Waals surface area contributed by atoms with Crippen LogP contribution in [0.25, 0.3) is 0 Å². The average Bonchev–Trinajstić information content (AvgIpc) is 2.96. The number of ether oxygens (including phenoxy) is 1. The first-order chi connectivity index (χ1) is 10.5. The van der Waals surface area contributed by atoms with E-state index in [2.05, 4.69) is 15.5 Å². The van der Waals surface area contributed by atoms with Crippen LogP contribution < -0.4 is 10.1 Å². The fourth-order valence-electron chi connectivity index (χ4n) is 1.86. The number of benzene rings is 1. The Kier molecular flexibility index (Phi) is 4.77. The predicted molar refractivity (Wildman–Crippen MR) is 80.2 cm³/mol. The lowest BCUT2D eigenvalue weighted by atomic mass is 10.2. The normalized spacial score (nSPS) is 10.3. The molecular formula is C15H17N3O4. The van der Waals surface area contributed by atoms with Gasteiger partial charge in [-0.1, -0.05) is 6.92 Å². The number of carboxylic acid groups (broad SMARTS) is 1. The SMILES string of the molecule is CCc1cc(C(=O)Nc2ccc(OCC(=O)O)cc2C)n[nH]1. The Morgan fingerprint density at radius 1 is 1.36 bits per heavy atom. The van der Waals surface area contributed by atoms with Crippen molar-refractivity contribution in [1.82, 2.24) is 10.2 Å². The molecule has 0 aliphatic rings. The minimum absolute atomic E-state index is 0.307. The number of aromatic nitrogens is 2. The van der Waals surface area contributed by atoms with Gasteiger partial charge in [0.2, 0.25) is 0 Å². The summed E-state index contributed by atoms with van der Waals surface area (Å²) in [5, 5.41) is 18.1. The van der Waals surface area contributed by atoms with E-state index in [9.17, 15) is 9.59 Å². The predicted octanol–water partition coefficient (Wildman–Crippen LogP) is 2.00. The van der Waals surface area contributed by atoms with Crippen LogP contribution in [0.4, 0.5) is 5.69 Å². The van der Waals surface area contributed by atoms with Crippen LogP contribution in [0, 0.1) is 6.92 Å². The van der Waals surface area contributed by atoms with Gasteiger partial charge >= 0.3 is 5.97 Å². The summed E-state index contributed by atoms with van der Waals surface area (Å²) in [6, 6.07) is 6.64. The highest BCUT2D eigenvalue weighted by atomic mass is 16.5. The molecule has 0 bridgehead atoms. The van der Waals surface area contributed by atoms with Gasteiger partial charge in [-0.3, -0.25) is 9.89 Å². The van der Waals surface area contributed by atoms with Gasteiger partial charge in [0.05, 0.1) is 0 Å². The summed E-state index contributed by atoms with van der Waals surface area (Å²) in [4.78, 5) is 22.6. The number of hydrogen-bond acceptors (Lipinski definition) is 4. The highest BCUT2D eigenvalue weighted by Crippen LogP contribution is 2.22. The van der Waals surface area contributed by atoms with Crippen molar-refractivity contribution in [2.75, 3.05) is 11.9 Å². The zero-order valence-electron chi connectivity index (χ0n) is 12.3. The van der Waals surface area contributed by atoms with Gasteiger partial charge in [-0.25, -0.2) is 4.79 Å². The summed E-state index contributed by atoms with van der Waals surface area (Å²) < 4.78 is 5.08. The third-order valence-electron chi connectivity index (χ3n) is 3.05. The Morgan fingerprint density at radius 3 is 2.73 bits per heavy atom. The van der Waals surface area contributed by atoms with E-state index in [0.29, 0.717) is 17.1 Å². The smallest absolute Gasteiger partial charge is 0.341 e. The standard InChI is InChI=1S/C15H17N3O4/c1-3-10-7-13(18-17-10)15(21)16-12-5-4-11(6-9(12)2)22-8-14(19)20/h4-7H,3,8H2,1-2H3,(H,16,21)(H,17,18)(H,19,20). The molecule has 1 aromatic carbocycles. The molecule has 0 saturated heterocycles. The number of H-pyrrole nitrogens is 1. The quantitative estimate of drug-likeness (QED) is 0.757. The fourth-order valence-corrected chi connectivity index (χ4v) is 1.86. The number of aromatic amines is 1. The van der Waals surface area contributed by atoms with Crippen LogP contribution in [0.2, 0.25) is 0 Å². The van der Waals surface area contributed by atoms with E-state index < -0.39 is 12.6 Å². The van der Waals surface area contributed by atoms with E-state index in [0.717, 1.165) is 17.7 Å². The second kappa shape index (κ2) is 6.75. The number of nitrogens with one attached hydrogen (secondary N) is 2. The van der Waals surface area contributed by atoms with Crippen LogP contribution in [0.5, 0.6) is 5.75 Å². The highest BCUT2D eigenvalue weighted by Gasteiger charge is 2.12. The summed E-state index contributed by atoms with van der Waals surface area (Å²) in [5.41, 5.74) is 2.60. The van der Waals surface area contributed by atoms with Crippen molar-refractivity contribution in [2.45, 2.75) is 20.3 Å². The molecule has 22 heavy (non-hydrogen) atoms. The molecule has 0 aliphatic carbocycles. The highest BCUT2D eigenvalue weighted by molar-refractivity contribution is 6.03. The Hall–Kier alpha value is -2.83. The van der Waals surface area contributed by atoms with E-state index in [1.165, 1.54) is 0 Å². The van der Waals surface area contributed by atoms with Crippen molar-refractivity contribution in [3.8, 4) is 5.75 Å². The Morgan fingerprint density at radius 2 is 2.14 bits per heavy atom. The second-order valence-electron chi connectivity index (χ2n) is 4.75. The number of carbonyl (C=O) groups is 2. The second-order valence-corrected chi connectivity index (χ2v) is 4.75. The van der Waals surface area contributed by atoms with E-state index in [-0.39, 0.29) is 5.91 Å². The van der Waals surface area contributed by atoms with Gasteiger partial charge in [0, 0.05) is 11.4 Å². The van der Waals surface area contributed by atoms with Gasteiger partial charge in [0.25, 0.3) is 5.91 Å². The summed E-state index contributed by atoms with van der Waals surface area (Å²) in [5.74, 6) is -0.913. The lowest BCUT2D eigenvalue weighted by Crippen LogP contribution is -2.13. The first kappa shape index (κ1) is 15.6. The lowest BCUT2D eigenvalue weighted by Gasteiger charge is -2.09. The molecule has 2 aromatic rings. The molecule has 0 aliphatic heterocycles. The molecule has 7 nitrogen and oxygen atoms in total. The number of aryl methyl sites for hydroxylation is 2. The van der Waals surface area contributed by atoms with Gasteiger partial charge in [0.15, 0.2) is 12.3 Å². The summed E-state index contributed by atoms with van der Waals surface area (Å²) >= 11 is 0. The van der Waals surface area contributed by atoms with Gasteiger partial charge in [-0.15, -0.1) is 0 Å². The number of rotatable bonds is 6. The first-order valence-corrected chi connectivity index (χ1v) is 6.80. The van der Waals surface area contributed by atoms with E-state index >= 15 is 0 Å². The molecule has 1 amide bonds. The van der Waals surface area contributed by atoms with Crippen molar-refractivity contribution < 1.29 is 19.4 Å². The molecule has 3 N–H and O–H groups in total. The van der Waals surface area contributed by atoms with Crippen molar-refractivity contribution in [2.24, 2.45) is 0 Å². The third-order valence-corrected chi connectivity index (χ3v) is 3.05. The molecule has 7 heteroatoms. The average molecular weight is 303 g/mol. The van der Waals surface area contributed by atoms with Crippen molar-refractivity contribution in [3.05, 3.63) is 41.2 Å². The van der Waals surface area contributed by atoms with Crippen LogP contribution in [0.3, 0.4) is 0 Å². The third kappa shape index (κ3) is 3.85. The number of amides is 1. The minimum Gasteiger partial charge on any atom is -0.482 e. The topological polar surface area (TPSA) is 104 Å². The number of anilines is 1. The number of carboxylic acids is 1. The molecule has 1 heterocycles. The molecule has 1 aromatic heterocycles. The van der Waals surface area contributed by atoms with Gasteiger partial charge in [-0.2, -0.15) is 5.10 Å². The van der Waals surface area contributed by atoms with Gasteiger partial charge in [-0.05, 0) is 43.2 Å². The van der Waals surface area contributed by atoms with Crippen LogP contribution in [0.1, 0.15) is 28.7 Å². The monoisotopic (exact) mass is 303 g/mol. The number of carbonyl (C=O) groups excluding carboxylic acids is 1. The molecule has 116 valence electrons. The zero-order valence-corrected chi connectivity index (χ0v) is 12.3. The lowest BCUT2D eigenvalue weighted by molar-refractivity contribution is -0.139. The Labute approximate surface area is 127 Å². The molecule has 0 atom stereocenters. The van der Waals surface area contributed by atoms with Crippen molar-refractivity contribution in [3.63, 3.8) is 0 Å². The van der Waals surface area contributed by atoms with Gasteiger partial charge < -0.3 is 15.2 Å². The Balaban J connectivity index is 2.06. The van der Waals surface area contributed by atoms with Crippen LogP contribution in [0.15, 0.2) is 24.3 Å². The Bertz CT molecular complexity index is 694. The van der Waals surface area contributed by atoms with Crippen LogP contribution in [-0.4, -0.2) is 33.8 Å². The summed E-state index contributed by atoms with van der Waals surface area (Å²) in [6.07, 6.45) is 0.773. The number of hydrogen-bond donors (Lipinski definition) is 3. The van der Waals surface area contributed by atoms with E-state index in [1.807, 2.05) is 6.92 Å². The number of aliphatic carboxylic acids is 1. The first-order valence-electron chi connectivity index (χ1n) is 6.80. The van der Waals surface area contributed by atoms with Crippen molar-refractivity contribution in [1.29, 1.82) is 0 Å². The largest absolute Gasteiger partial charge is 0.482 e. The van der Waals surface area contributed by atoms with Crippen LogP contribution in [-0.2, 0) is 11.2 Å². The molecule has 0 saturated carbocycles. The van der Waals surface area contributed by atoms with E-state index in [4.69, 9.17) is 9.84 Å². The maximum absolute atomic E-state index is 12.1. The molecule has 0 fully saturated rings. The van der Waals surface area contributed by atoms with E-state index in [1.54, 1.807) is 31.2 Å². The zero-order chi connectivity index (χ0) is 16.1. The minimum atomic E-state index is -1.04. The molecule has 2 rings (SSSR count). The summed E-state index contributed by atoms with van der Waals surface area (Å²) in [6.45, 7) is 3.36. The maximum atomic E-state index is 12.1. The molecule has 0 radical (unpaired) electrons. The number of nitrogens with zero attached hydrogens (tertiary/aromatic N) is 1. The molecule has 0 spiro atoms. The molecular weight excluding hydrogens is 286 g/mol. The maximum Gasteiger partial charge on any atom is 0.341 e. The van der Waals surface area contributed by atoms with Gasteiger partial charge in [0.1, 0.15) is 5.75 Å². The fraction of sp³-hybridized carbons (Fsp3) is 0.267. The summed E-state index contributed by atoms with van der Waals surface area (Å²) in [7, 11) is 0. The molecule has 0 unspecified atom stereocenters. The van der Waals surface area contributed by atoms with Crippen LogP contribution >= 0.6 is 0 Å².